The molecule has 2 heterocycles. The summed E-state index contributed by atoms with van der Waals surface area (Å²) in [6.07, 6.45) is 3.06. The van der Waals surface area contributed by atoms with Crippen molar-refractivity contribution in [1.82, 2.24) is 14.6 Å². The van der Waals surface area contributed by atoms with Crippen molar-refractivity contribution < 1.29 is 4.79 Å². The molecule has 13 heavy (non-hydrogen) atoms. The SMILES string of the molecule is O=C1CCCN1/N=C/c1csnn1. The summed E-state index contributed by atoms with van der Waals surface area (Å²) in [5, 5.41) is 11.0. The number of carbonyl (C=O) groups excluding carboxylic acids is 1. The van der Waals surface area contributed by atoms with Crippen LogP contribution in [-0.4, -0.2) is 33.3 Å². The minimum Gasteiger partial charge on any atom is -0.273 e. The molecule has 0 aromatic carbocycles. The molecule has 0 saturated carbocycles. The highest BCUT2D eigenvalue weighted by atomic mass is 32.1. The Hall–Kier alpha value is -1.30. The van der Waals surface area contributed by atoms with Crippen LogP contribution in [0.2, 0.25) is 0 Å². The van der Waals surface area contributed by atoms with E-state index in [0.717, 1.165) is 6.42 Å². The van der Waals surface area contributed by atoms with Gasteiger partial charge in [-0.25, -0.2) is 5.01 Å². The van der Waals surface area contributed by atoms with Crippen molar-refractivity contribution >= 4 is 23.7 Å². The third-order valence-corrected chi connectivity index (χ3v) is 2.28. The molecule has 1 aliphatic rings. The molecule has 0 spiro atoms. The molecule has 1 amide bonds. The number of amides is 1. The molecule has 6 heteroatoms. The molecule has 0 radical (unpaired) electrons. The Balaban J connectivity index is 2.01. The van der Waals surface area contributed by atoms with E-state index in [4.69, 9.17) is 0 Å². The van der Waals surface area contributed by atoms with E-state index in [2.05, 4.69) is 14.7 Å². The predicted octanol–water partition coefficient (Wildman–Crippen LogP) is 0.494. The summed E-state index contributed by atoms with van der Waals surface area (Å²) < 4.78 is 3.68. The molecule has 1 aromatic heterocycles. The standard InChI is InChI=1S/C7H8N4OS/c12-7-2-1-3-11(7)8-4-6-5-13-10-9-6/h4-5H,1-3H2/b8-4+. The molecule has 1 aromatic rings. The Bertz CT molecular complexity index is 321. The largest absolute Gasteiger partial charge is 0.273 e. The first kappa shape index (κ1) is 8.31. The zero-order chi connectivity index (χ0) is 9.10. The number of hydrogen-bond acceptors (Lipinski definition) is 5. The fourth-order valence-electron chi connectivity index (χ4n) is 1.11. The predicted molar refractivity (Wildman–Crippen MR) is 48.5 cm³/mol. The molecule has 1 fully saturated rings. The molecule has 1 aliphatic heterocycles. The van der Waals surface area contributed by atoms with Crippen molar-refractivity contribution in [2.24, 2.45) is 5.10 Å². The Labute approximate surface area is 79.2 Å². The number of aromatic nitrogens is 2. The Morgan fingerprint density at radius 1 is 1.69 bits per heavy atom. The Morgan fingerprint density at radius 3 is 3.23 bits per heavy atom. The minimum absolute atomic E-state index is 0.0828. The van der Waals surface area contributed by atoms with E-state index in [1.165, 1.54) is 16.5 Å². The van der Waals surface area contributed by atoms with Gasteiger partial charge in [0.25, 0.3) is 0 Å². The topological polar surface area (TPSA) is 58.5 Å². The number of rotatable bonds is 2. The van der Waals surface area contributed by atoms with E-state index in [9.17, 15) is 4.79 Å². The molecule has 5 nitrogen and oxygen atoms in total. The molecule has 0 N–H and O–H groups in total. The third-order valence-electron chi connectivity index (χ3n) is 1.75. The lowest BCUT2D eigenvalue weighted by Crippen LogP contribution is -2.17. The Morgan fingerprint density at radius 2 is 2.62 bits per heavy atom. The summed E-state index contributed by atoms with van der Waals surface area (Å²) in [4.78, 5) is 11.1. The summed E-state index contributed by atoms with van der Waals surface area (Å²) in [6, 6.07) is 0. The van der Waals surface area contributed by atoms with Crippen molar-refractivity contribution in [1.29, 1.82) is 0 Å². The van der Waals surface area contributed by atoms with Crippen LogP contribution in [-0.2, 0) is 4.79 Å². The van der Waals surface area contributed by atoms with Crippen LogP contribution in [0, 0.1) is 0 Å². The van der Waals surface area contributed by atoms with Crippen molar-refractivity contribution in [3.63, 3.8) is 0 Å². The zero-order valence-electron chi connectivity index (χ0n) is 6.88. The number of carbonyl (C=O) groups is 1. The van der Waals surface area contributed by atoms with Crippen LogP contribution in [0.5, 0.6) is 0 Å². The van der Waals surface area contributed by atoms with Gasteiger partial charge in [-0.05, 0) is 18.0 Å². The summed E-state index contributed by atoms with van der Waals surface area (Å²) in [6.45, 7) is 0.715. The van der Waals surface area contributed by atoms with Crippen molar-refractivity contribution in [2.45, 2.75) is 12.8 Å². The van der Waals surface area contributed by atoms with Crippen LogP contribution in [0.15, 0.2) is 10.5 Å². The van der Waals surface area contributed by atoms with Crippen molar-refractivity contribution in [3.8, 4) is 0 Å². The van der Waals surface area contributed by atoms with Gasteiger partial charge in [0.1, 0.15) is 5.69 Å². The van der Waals surface area contributed by atoms with Crippen molar-refractivity contribution in [2.75, 3.05) is 6.54 Å². The second-order valence-corrected chi connectivity index (χ2v) is 3.30. The first-order valence-electron chi connectivity index (χ1n) is 3.97. The van der Waals surface area contributed by atoms with E-state index in [1.807, 2.05) is 0 Å². The maximum atomic E-state index is 11.1. The van der Waals surface area contributed by atoms with Crippen LogP contribution in [0.4, 0.5) is 0 Å². The van der Waals surface area contributed by atoms with Crippen LogP contribution in [0.1, 0.15) is 18.5 Å². The quantitative estimate of drug-likeness (QED) is 0.647. The van der Waals surface area contributed by atoms with E-state index >= 15 is 0 Å². The monoisotopic (exact) mass is 196 g/mol. The lowest BCUT2D eigenvalue weighted by Gasteiger charge is -2.05. The van der Waals surface area contributed by atoms with E-state index in [0.29, 0.717) is 18.7 Å². The van der Waals surface area contributed by atoms with Gasteiger partial charge in [0.15, 0.2) is 0 Å². The summed E-state index contributed by atoms with van der Waals surface area (Å²) >= 11 is 1.27. The molecule has 1 saturated heterocycles. The smallest absolute Gasteiger partial charge is 0.242 e. The molecule has 0 aliphatic carbocycles. The zero-order valence-corrected chi connectivity index (χ0v) is 7.70. The maximum absolute atomic E-state index is 11.1. The van der Waals surface area contributed by atoms with Crippen LogP contribution in [0.25, 0.3) is 0 Å². The van der Waals surface area contributed by atoms with Crippen LogP contribution >= 0.6 is 11.5 Å². The molecular formula is C7H8N4OS. The van der Waals surface area contributed by atoms with Crippen LogP contribution in [0.3, 0.4) is 0 Å². The average molecular weight is 196 g/mol. The highest BCUT2D eigenvalue weighted by Gasteiger charge is 2.18. The Kier molecular flexibility index (Phi) is 2.31. The number of nitrogens with zero attached hydrogens (tertiary/aromatic N) is 4. The lowest BCUT2D eigenvalue weighted by molar-refractivity contribution is -0.127. The second-order valence-electron chi connectivity index (χ2n) is 2.69. The fraction of sp³-hybridized carbons (Fsp3) is 0.429. The summed E-state index contributed by atoms with van der Waals surface area (Å²) in [5.41, 5.74) is 0.699. The number of hydrazone groups is 1. The first-order chi connectivity index (χ1) is 6.36. The minimum atomic E-state index is 0.0828. The van der Waals surface area contributed by atoms with Gasteiger partial charge in [0, 0.05) is 18.3 Å². The highest BCUT2D eigenvalue weighted by Crippen LogP contribution is 2.09. The van der Waals surface area contributed by atoms with Gasteiger partial charge in [-0.1, -0.05) is 4.49 Å². The lowest BCUT2D eigenvalue weighted by atomic mass is 10.4. The van der Waals surface area contributed by atoms with Gasteiger partial charge in [-0.2, -0.15) is 5.10 Å². The van der Waals surface area contributed by atoms with E-state index in [1.54, 1.807) is 11.6 Å². The molecule has 68 valence electrons. The molecule has 2 rings (SSSR count). The van der Waals surface area contributed by atoms with E-state index < -0.39 is 0 Å². The first-order valence-corrected chi connectivity index (χ1v) is 4.81. The average Bonchev–Trinajstić information content (AvgIpc) is 2.72. The normalized spacial score (nSPS) is 17.5. The number of hydrogen-bond donors (Lipinski definition) is 0. The molecule has 0 unspecified atom stereocenters. The molecule has 0 bridgehead atoms. The van der Waals surface area contributed by atoms with E-state index in [-0.39, 0.29) is 5.91 Å². The van der Waals surface area contributed by atoms with Gasteiger partial charge in [-0.15, -0.1) is 5.10 Å². The second kappa shape index (κ2) is 3.61. The molecular weight excluding hydrogens is 188 g/mol. The van der Waals surface area contributed by atoms with Gasteiger partial charge in [0.2, 0.25) is 5.91 Å². The summed E-state index contributed by atoms with van der Waals surface area (Å²) in [5.74, 6) is 0.0828. The van der Waals surface area contributed by atoms with Crippen LogP contribution < -0.4 is 0 Å². The third kappa shape index (κ3) is 1.89. The molecule has 0 atom stereocenters. The summed E-state index contributed by atoms with van der Waals surface area (Å²) in [7, 11) is 0. The maximum Gasteiger partial charge on any atom is 0.242 e. The fourth-order valence-corrected chi connectivity index (χ4v) is 1.52. The van der Waals surface area contributed by atoms with Gasteiger partial charge >= 0.3 is 0 Å². The highest BCUT2D eigenvalue weighted by molar-refractivity contribution is 7.03. The van der Waals surface area contributed by atoms with Gasteiger partial charge in [0.05, 0.1) is 6.21 Å². The van der Waals surface area contributed by atoms with Crippen molar-refractivity contribution in [3.05, 3.63) is 11.1 Å². The van der Waals surface area contributed by atoms with Gasteiger partial charge < -0.3 is 0 Å². The van der Waals surface area contributed by atoms with Gasteiger partial charge in [-0.3, -0.25) is 4.79 Å².